The summed E-state index contributed by atoms with van der Waals surface area (Å²) >= 11 is 0. The van der Waals surface area contributed by atoms with E-state index in [0.29, 0.717) is 0 Å². The van der Waals surface area contributed by atoms with E-state index in [2.05, 4.69) is 170 Å². The van der Waals surface area contributed by atoms with Crippen LogP contribution in [0.15, 0.2) is 140 Å². The monoisotopic (exact) mass is 637 g/mol. The maximum atomic E-state index is 2.55. The van der Waals surface area contributed by atoms with E-state index in [0.717, 1.165) is 12.8 Å². The Morgan fingerprint density at radius 2 is 1.18 bits per heavy atom. The molecule has 0 saturated carbocycles. The number of hydrogen-bond donors (Lipinski definition) is 0. The van der Waals surface area contributed by atoms with Crippen LogP contribution in [0.25, 0.3) is 94.2 Å². The Balaban J connectivity index is 1.17. The second-order valence-corrected chi connectivity index (χ2v) is 14.8. The highest BCUT2D eigenvalue weighted by Crippen LogP contribution is 2.51. The minimum absolute atomic E-state index is 0.148. The molecule has 2 aliphatic rings. The Morgan fingerprint density at radius 1 is 0.500 bits per heavy atom. The van der Waals surface area contributed by atoms with Crippen LogP contribution in [0.1, 0.15) is 37.8 Å². The van der Waals surface area contributed by atoms with Crippen molar-refractivity contribution in [2.45, 2.75) is 32.1 Å². The van der Waals surface area contributed by atoms with Crippen molar-refractivity contribution in [3.63, 3.8) is 0 Å². The van der Waals surface area contributed by atoms with Crippen LogP contribution in [0.3, 0.4) is 0 Å². The van der Waals surface area contributed by atoms with E-state index in [1.165, 1.54) is 104 Å². The Kier molecular flexibility index (Phi) is 5.63. The standard InChI is InChI=1S/C49H35N/c1-49(2)43-28-34(33-20-19-30-11-3-4-13-32(30)27-33)22-24-38(43)39-26-23-35(29-44(39)49)50-45-18-10-9-17-42(45)47-46-36-14-6-5-12-31(36)21-25-40(46)37-15-7-8-16-41(37)48(47)50/h3-4,7-29H,5-6H2,1-2H3. The molecule has 1 aromatic heterocycles. The van der Waals surface area contributed by atoms with E-state index >= 15 is 0 Å². The van der Waals surface area contributed by atoms with Gasteiger partial charge in [0, 0.05) is 27.3 Å². The molecule has 50 heavy (non-hydrogen) atoms. The van der Waals surface area contributed by atoms with Gasteiger partial charge >= 0.3 is 0 Å². The number of para-hydroxylation sites is 1. The third-order valence-corrected chi connectivity index (χ3v) is 11.8. The molecule has 1 heterocycles. The van der Waals surface area contributed by atoms with E-state index in [-0.39, 0.29) is 5.41 Å². The summed E-state index contributed by atoms with van der Waals surface area (Å²) in [5.41, 5.74) is 11.6. The molecule has 0 saturated heterocycles. The van der Waals surface area contributed by atoms with Gasteiger partial charge in [-0.1, -0.05) is 135 Å². The van der Waals surface area contributed by atoms with Gasteiger partial charge in [-0.3, -0.25) is 0 Å². The molecule has 236 valence electrons. The lowest BCUT2D eigenvalue weighted by molar-refractivity contribution is 0.660. The molecule has 9 aromatic rings. The molecule has 0 radical (unpaired) electrons. The summed E-state index contributed by atoms with van der Waals surface area (Å²) in [6.45, 7) is 4.80. The van der Waals surface area contributed by atoms with Crippen molar-refractivity contribution < 1.29 is 0 Å². The zero-order valence-electron chi connectivity index (χ0n) is 28.3. The van der Waals surface area contributed by atoms with Crippen LogP contribution in [0.5, 0.6) is 0 Å². The zero-order valence-corrected chi connectivity index (χ0v) is 28.3. The molecule has 1 nitrogen and oxygen atoms in total. The number of nitrogens with zero attached hydrogens (tertiary/aromatic N) is 1. The van der Waals surface area contributed by atoms with Crippen molar-refractivity contribution in [3.8, 4) is 27.9 Å². The SMILES string of the molecule is CC1(C)c2cc(-c3ccc4ccccc4c3)ccc2-c2ccc(-n3c4ccccc4c4c5c6c(ccc5c5ccccc5c43)=CCCC=6)cc21. The molecule has 1 heteroatoms. The molecule has 11 rings (SSSR count). The molecular formula is C49H35N. The number of aromatic nitrogens is 1. The van der Waals surface area contributed by atoms with Crippen molar-refractivity contribution in [3.05, 3.63) is 161 Å². The maximum absolute atomic E-state index is 2.55. The van der Waals surface area contributed by atoms with Crippen LogP contribution in [0.2, 0.25) is 0 Å². The first kappa shape index (κ1) is 28.0. The second-order valence-electron chi connectivity index (χ2n) is 14.8. The van der Waals surface area contributed by atoms with Gasteiger partial charge in [0.15, 0.2) is 0 Å². The summed E-state index contributed by atoms with van der Waals surface area (Å²) in [6, 6.07) is 52.5. The quantitative estimate of drug-likeness (QED) is 0.166. The lowest BCUT2D eigenvalue weighted by Crippen LogP contribution is -2.27. The molecular weight excluding hydrogens is 603 g/mol. The third kappa shape index (κ3) is 3.72. The topological polar surface area (TPSA) is 4.93 Å². The Bertz CT molecular complexity index is 3060. The molecule has 0 atom stereocenters. The summed E-state index contributed by atoms with van der Waals surface area (Å²) in [5, 5.41) is 13.3. The third-order valence-electron chi connectivity index (χ3n) is 11.8. The van der Waals surface area contributed by atoms with Crippen molar-refractivity contribution in [1.82, 2.24) is 4.57 Å². The summed E-state index contributed by atoms with van der Waals surface area (Å²) in [7, 11) is 0. The molecule has 0 spiro atoms. The highest BCUT2D eigenvalue weighted by molar-refractivity contribution is 6.32. The number of hydrogen-bond acceptors (Lipinski definition) is 0. The van der Waals surface area contributed by atoms with Gasteiger partial charge in [-0.15, -0.1) is 0 Å². The minimum Gasteiger partial charge on any atom is -0.309 e. The molecule has 0 amide bonds. The van der Waals surface area contributed by atoms with E-state index in [1.54, 1.807) is 0 Å². The molecule has 0 bridgehead atoms. The number of fused-ring (bicyclic) bond motifs is 14. The van der Waals surface area contributed by atoms with Crippen molar-refractivity contribution >= 4 is 66.3 Å². The fraction of sp³-hybridized carbons (Fsp3) is 0.102. The smallest absolute Gasteiger partial charge is 0.0626 e. The van der Waals surface area contributed by atoms with Crippen LogP contribution < -0.4 is 10.4 Å². The van der Waals surface area contributed by atoms with Crippen LogP contribution in [-0.2, 0) is 5.41 Å². The highest BCUT2D eigenvalue weighted by Gasteiger charge is 2.36. The zero-order chi connectivity index (χ0) is 33.1. The molecule has 0 unspecified atom stereocenters. The van der Waals surface area contributed by atoms with Gasteiger partial charge in [0.2, 0.25) is 0 Å². The van der Waals surface area contributed by atoms with Gasteiger partial charge < -0.3 is 4.57 Å². The fourth-order valence-electron chi connectivity index (χ4n) is 9.35. The summed E-state index contributed by atoms with van der Waals surface area (Å²) in [5.74, 6) is 0. The van der Waals surface area contributed by atoms with Gasteiger partial charge in [0.25, 0.3) is 0 Å². The molecule has 0 aliphatic heterocycles. The average Bonchev–Trinajstić information content (AvgIpc) is 3.63. The van der Waals surface area contributed by atoms with Crippen molar-refractivity contribution in [1.29, 1.82) is 0 Å². The van der Waals surface area contributed by atoms with Gasteiger partial charge in [0.05, 0.1) is 11.0 Å². The van der Waals surface area contributed by atoms with Crippen LogP contribution in [-0.4, -0.2) is 4.57 Å². The lowest BCUT2D eigenvalue weighted by atomic mass is 9.81. The summed E-state index contributed by atoms with van der Waals surface area (Å²) in [4.78, 5) is 0. The Labute approximate surface area is 291 Å². The predicted octanol–water partition coefficient (Wildman–Crippen LogP) is 11.6. The first-order valence-corrected chi connectivity index (χ1v) is 17.9. The summed E-state index contributed by atoms with van der Waals surface area (Å²) in [6.07, 6.45) is 7.08. The van der Waals surface area contributed by atoms with Crippen LogP contribution in [0.4, 0.5) is 0 Å². The predicted molar refractivity (Wildman–Crippen MR) is 214 cm³/mol. The van der Waals surface area contributed by atoms with E-state index in [1.807, 2.05) is 0 Å². The van der Waals surface area contributed by atoms with Crippen molar-refractivity contribution in [2.24, 2.45) is 0 Å². The van der Waals surface area contributed by atoms with Gasteiger partial charge in [-0.05, 0) is 114 Å². The molecule has 2 aliphatic carbocycles. The first-order chi connectivity index (χ1) is 24.6. The normalized spacial score (nSPS) is 14.5. The van der Waals surface area contributed by atoms with E-state index < -0.39 is 0 Å². The Hall–Kier alpha value is -5.92. The van der Waals surface area contributed by atoms with Gasteiger partial charge in [-0.25, -0.2) is 0 Å². The van der Waals surface area contributed by atoms with Gasteiger partial charge in [0.1, 0.15) is 0 Å². The second kappa shape index (κ2) is 10.1. The molecule has 8 aromatic carbocycles. The van der Waals surface area contributed by atoms with E-state index in [9.17, 15) is 0 Å². The lowest BCUT2D eigenvalue weighted by Gasteiger charge is -2.23. The Morgan fingerprint density at radius 3 is 2.06 bits per heavy atom. The van der Waals surface area contributed by atoms with Crippen LogP contribution in [0, 0.1) is 0 Å². The minimum atomic E-state index is -0.148. The maximum Gasteiger partial charge on any atom is 0.0626 e. The average molecular weight is 638 g/mol. The first-order valence-electron chi connectivity index (χ1n) is 17.9. The molecule has 0 N–H and O–H groups in total. The number of rotatable bonds is 2. The fourth-order valence-corrected chi connectivity index (χ4v) is 9.35. The van der Waals surface area contributed by atoms with Crippen LogP contribution >= 0.6 is 0 Å². The number of benzene rings is 8. The summed E-state index contributed by atoms with van der Waals surface area (Å²) < 4.78 is 2.55. The van der Waals surface area contributed by atoms with Gasteiger partial charge in [-0.2, -0.15) is 0 Å². The van der Waals surface area contributed by atoms with E-state index in [4.69, 9.17) is 0 Å². The largest absolute Gasteiger partial charge is 0.309 e. The molecule has 0 fully saturated rings. The highest BCUT2D eigenvalue weighted by atomic mass is 15.0. The van der Waals surface area contributed by atoms with Crippen molar-refractivity contribution in [2.75, 3.05) is 0 Å².